The summed E-state index contributed by atoms with van der Waals surface area (Å²) in [7, 11) is 0. The first-order chi connectivity index (χ1) is 5.70. The number of amides is 2. The van der Waals surface area contributed by atoms with Crippen molar-refractivity contribution in [1.82, 2.24) is 4.90 Å². The fraction of sp³-hybridized carbons (Fsp3) is 0.500. The van der Waals surface area contributed by atoms with Crippen LogP contribution in [0.15, 0.2) is 12.2 Å². The Balaban J connectivity index is 2.11. The molecule has 12 heavy (non-hydrogen) atoms. The molecule has 1 fully saturated rings. The van der Waals surface area contributed by atoms with Crippen molar-refractivity contribution >= 4 is 11.8 Å². The second-order valence-corrected chi connectivity index (χ2v) is 2.99. The molecule has 0 spiro atoms. The average Bonchev–Trinajstić information content (AvgIpc) is 2.79. The molecule has 0 N–H and O–H groups in total. The van der Waals surface area contributed by atoms with Gasteiger partial charge in [0, 0.05) is 12.2 Å². The molecule has 2 amide bonds. The molecule has 1 saturated heterocycles. The zero-order chi connectivity index (χ0) is 8.72. The highest BCUT2D eigenvalue weighted by Gasteiger charge is 2.39. The quantitative estimate of drug-likeness (QED) is 0.419. The maximum atomic E-state index is 11.1. The fourth-order valence-electron chi connectivity index (χ4n) is 1.31. The van der Waals surface area contributed by atoms with Crippen LogP contribution >= 0.6 is 0 Å². The first kappa shape index (κ1) is 7.49. The van der Waals surface area contributed by atoms with Crippen molar-refractivity contribution in [3.05, 3.63) is 12.2 Å². The van der Waals surface area contributed by atoms with Crippen LogP contribution in [-0.4, -0.2) is 35.5 Å². The van der Waals surface area contributed by atoms with Gasteiger partial charge in [-0.05, 0) is 6.92 Å². The minimum absolute atomic E-state index is 0.0535. The summed E-state index contributed by atoms with van der Waals surface area (Å²) in [6, 6.07) is -0.125. The minimum Gasteiger partial charge on any atom is -0.371 e. The van der Waals surface area contributed by atoms with Crippen LogP contribution in [0.4, 0.5) is 0 Å². The van der Waals surface area contributed by atoms with E-state index in [2.05, 4.69) is 0 Å². The summed E-state index contributed by atoms with van der Waals surface area (Å²) in [5, 5.41) is 0. The molecule has 0 radical (unpaired) electrons. The lowest BCUT2D eigenvalue weighted by atomic mass is 10.2. The van der Waals surface area contributed by atoms with Crippen LogP contribution in [0.5, 0.6) is 0 Å². The van der Waals surface area contributed by atoms with E-state index in [9.17, 15) is 9.59 Å². The maximum absolute atomic E-state index is 11.1. The third-order valence-corrected chi connectivity index (χ3v) is 2.15. The van der Waals surface area contributed by atoms with Crippen LogP contribution in [0.2, 0.25) is 0 Å². The Morgan fingerprint density at radius 1 is 1.50 bits per heavy atom. The molecular formula is C8H9NO3. The lowest BCUT2D eigenvalue weighted by Crippen LogP contribution is -2.41. The Hall–Kier alpha value is -1.16. The summed E-state index contributed by atoms with van der Waals surface area (Å²) >= 11 is 0. The van der Waals surface area contributed by atoms with Gasteiger partial charge < -0.3 is 4.74 Å². The number of ether oxygens (including phenoxy) is 1. The van der Waals surface area contributed by atoms with Gasteiger partial charge in [-0.2, -0.15) is 0 Å². The van der Waals surface area contributed by atoms with Gasteiger partial charge in [0.2, 0.25) is 0 Å². The molecule has 0 aliphatic carbocycles. The highest BCUT2D eigenvalue weighted by Crippen LogP contribution is 2.21. The van der Waals surface area contributed by atoms with Gasteiger partial charge in [0.15, 0.2) is 0 Å². The second-order valence-electron chi connectivity index (χ2n) is 2.99. The summed E-state index contributed by atoms with van der Waals surface area (Å²) < 4.78 is 5.01. The summed E-state index contributed by atoms with van der Waals surface area (Å²) in [6.45, 7) is 2.47. The summed E-state index contributed by atoms with van der Waals surface area (Å²) in [6.07, 6.45) is 2.64. The number of carbonyl (C=O) groups is 2. The average molecular weight is 167 g/mol. The number of nitrogens with zero attached hydrogens (tertiary/aromatic N) is 1. The predicted octanol–water partition coefficient (Wildman–Crippen LogP) is -0.301. The predicted molar refractivity (Wildman–Crippen MR) is 40.2 cm³/mol. The zero-order valence-electron chi connectivity index (χ0n) is 6.69. The van der Waals surface area contributed by atoms with E-state index in [1.165, 1.54) is 17.1 Å². The molecule has 2 rings (SSSR count). The van der Waals surface area contributed by atoms with Gasteiger partial charge in [-0.15, -0.1) is 0 Å². The van der Waals surface area contributed by atoms with Crippen LogP contribution in [0.3, 0.4) is 0 Å². The Labute approximate surface area is 69.8 Å². The summed E-state index contributed by atoms with van der Waals surface area (Å²) in [4.78, 5) is 23.5. The third-order valence-electron chi connectivity index (χ3n) is 2.15. The van der Waals surface area contributed by atoms with E-state index < -0.39 is 0 Å². The van der Waals surface area contributed by atoms with Crippen molar-refractivity contribution in [1.29, 1.82) is 0 Å². The zero-order valence-corrected chi connectivity index (χ0v) is 6.69. The molecule has 2 unspecified atom stereocenters. The van der Waals surface area contributed by atoms with E-state index in [4.69, 9.17) is 4.74 Å². The molecular weight excluding hydrogens is 158 g/mol. The standard InChI is InChI=1S/C8H9NO3/c1-5(6-4-12-6)9-7(10)2-3-8(9)11/h2-3,5-6H,4H2,1H3. The van der Waals surface area contributed by atoms with E-state index in [-0.39, 0.29) is 24.0 Å². The van der Waals surface area contributed by atoms with Crippen molar-refractivity contribution < 1.29 is 14.3 Å². The topological polar surface area (TPSA) is 49.9 Å². The number of epoxide rings is 1. The molecule has 0 aromatic heterocycles. The maximum Gasteiger partial charge on any atom is 0.253 e. The molecule has 0 aromatic rings. The Morgan fingerprint density at radius 3 is 2.42 bits per heavy atom. The SMILES string of the molecule is CC(C1CO1)N1C(=O)C=CC1=O. The lowest BCUT2D eigenvalue weighted by Gasteiger charge is -2.20. The molecule has 64 valence electrons. The molecule has 4 heteroatoms. The third kappa shape index (κ3) is 1.04. The van der Waals surface area contributed by atoms with E-state index >= 15 is 0 Å². The number of rotatable bonds is 2. The van der Waals surface area contributed by atoms with Crippen molar-refractivity contribution in [2.45, 2.75) is 19.1 Å². The molecule has 0 aromatic carbocycles. The van der Waals surface area contributed by atoms with Gasteiger partial charge >= 0.3 is 0 Å². The number of carbonyl (C=O) groups excluding carboxylic acids is 2. The van der Waals surface area contributed by atoms with Gasteiger partial charge in [0.1, 0.15) is 6.10 Å². The highest BCUT2D eigenvalue weighted by molar-refractivity contribution is 6.13. The number of hydrogen-bond donors (Lipinski definition) is 0. The number of imide groups is 1. The minimum atomic E-state index is -0.233. The first-order valence-electron chi connectivity index (χ1n) is 3.87. The van der Waals surface area contributed by atoms with Crippen LogP contribution in [-0.2, 0) is 14.3 Å². The van der Waals surface area contributed by atoms with Gasteiger partial charge in [0.05, 0.1) is 12.6 Å². The van der Waals surface area contributed by atoms with E-state index in [1.807, 2.05) is 6.92 Å². The Kier molecular flexibility index (Phi) is 1.51. The first-order valence-corrected chi connectivity index (χ1v) is 3.87. The molecule has 2 atom stereocenters. The summed E-state index contributed by atoms with van der Waals surface area (Å²) in [5.74, 6) is -0.467. The molecule has 2 heterocycles. The largest absolute Gasteiger partial charge is 0.371 e. The van der Waals surface area contributed by atoms with Crippen LogP contribution in [0, 0.1) is 0 Å². The highest BCUT2D eigenvalue weighted by atomic mass is 16.6. The van der Waals surface area contributed by atoms with Crippen LogP contribution in [0.1, 0.15) is 6.92 Å². The summed E-state index contributed by atoms with van der Waals surface area (Å²) in [5.41, 5.74) is 0. The normalized spacial score (nSPS) is 29.8. The Bertz CT molecular complexity index is 249. The molecule has 0 bridgehead atoms. The van der Waals surface area contributed by atoms with Crippen molar-refractivity contribution in [2.75, 3.05) is 6.61 Å². The second kappa shape index (κ2) is 2.42. The van der Waals surface area contributed by atoms with Crippen LogP contribution in [0.25, 0.3) is 0 Å². The monoisotopic (exact) mass is 167 g/mol. The lowest BCUT2D eigenvalue weighted by molar-refractivity contribution is -0.139. The van der Waals surface area contributed by atoms with E-state index in [1.54, 1.807) is 0 Å². The van der Waals surface area contributed by atoms with Crippen LogP contribution < -0.4 is 0 Å². The molecule has 2 aliphatic heterocycles. The smallest absolute Gasteiger partial charge is 0.253 e. The van der Waals surface area contributed by atoms with Gasteiger partial charge in [-0.1, -0.05) is 0 Å². The Morgan fingerprint density at radius 2 is 2.00 bits per heavy atom. The molecule has 0 saturated carbocycles. The molecule has 4 nitrogen and oxygen atoms in total. The van der Waals surface area contributed by atoms with Gasteiger partial charge in [-0.3, -0.25) is 14.5 Å². The van der Waals surface area contributed by atoms with Crippen molar-refractivity contribution in [2.24, 2.45) is 0 Å². The number of hydrogen-bond acceptors (Lipinski definition) is 3. The van der Waals surface area contributed by atoms with E-state index in [0.717, 1.165) is 0 Å². The van der Waals surface area contributed by atoms with Gasteiger partial charge in [-0.25, -0.2) is 0 Å². The molecule has 2 aliphatic rings. The van der Waals surface area contributed by atoms with Gasteiger partial charge in [0.25, 0.3) is 11.8 Å². The fourth-order valence-corrected chi connectivity index (χ4v) is 1.31. The van der Waals surface area contributed by atoms with Crippen molar-refractivity contribution in [3.63, 3.8) is 0 Å². The van der Waals surface area contributed by atoms with Crippen molar-refractivity contribution in [3.8, 4) is 0 Å². The van der Waals surface area contributed by atoms with E-state index in [0.29, 0.717) is 6.61 Å².